The molecule has 110 valence electrons. The van der Waals surface area contributed by atoms with Gasteiger partial charge in [-0.1, -0.05) is 12.8 Å². The number of rotatable bonds is 5. The maximum Gasteiger partial charge on any atom is 0.441 e. The summed E-state index contributed by atoms with van der Waals surface area (Å²) in [6.45, 7) is -0.105. The van der Waals surface area contributed by atoms with Gasteiger partial charge in [-0.3, -0.25) is 9.59 Å². The lowest BCUT2D eigenvalue weighted by Crippen LogP contribution is -2.40. The number of alkyl halides is 3. The molecule has 0 aromatic heterocycles. The van der Waals surface area contributed by atoms with Gasteiger partial charge in [0.1, 0.15) is 0 Å². The van der Waals surface area contributed by atoms with Crippen molar-refractivity contribution in [2.24, 2.45) is 11.8 Å². The number of carboxylic acid groups (broad SMARTS) is 1. The fourth-order valence-electron chi connectivity index (χ4n) is 2.21. The molecule has 0 saturated heterocycles. The number of carbonyl (C=O) groups excluding carboxylic acids is 1. The molecule has 2 atom stereocenters. The number of carbonyl (C=O) groups is 2. The molecule has 19 heavy (non-hydrogen) atoms. The van der Waals surface area contributed by atoms with Gasteiger partial charge in [0.05, 0.1) is 11.8 Å². The molecule has 2 N–H and O–H groups in total. The van der Waals surface area contributed by atoms with Crippen LogP contribution in [0.15, 0.2) is 0 Å². The number of amides is 1. The lowest BCUT2D eigenvalue weighted by Gasteiger charge is -2.27. The summed E-state index contributed by atoms with van der Waals surface area (Å²) in [6, 6.07) is 0. The van der Waals surface area contributed by atoms with Crippen LogP contribution in [0.25, 0.3) is 0 Å². The Labute approximate surface area is 113 Å². The van der Waals surface area contributed by atoms with Gasteiger partial charge in [0, 0.05) is 12.3 Å². The van der Waals surface area contributed by atoms with Crippen molar-refractivity contribution in [1.82, 2.24) is 5.32 Å². The van der Waals surface area contributed by atoms with Gasteiger partial charge in [-0.25, -0.2) is 0 Å². The average molecular weight is 299 g/mol. The van der Waals surface area contributed by atoms with Crippen molar-refractivity contribution in [2.45, 2.75) is 31.2 Å². The van der Waals surface area contributed by atoms with Crippen molar-refractivity contribution in [2.75, 3.05) is 12.3 Å². The van der Waals surface area contributed by atoms with Crippen LogP contribution in [-0.4, -0.2) is 34.8 Å². The zero-order valence-corrected chi connectivity index (χ0v) is 11.0. The van der Waals surface area contributed by atoms with Crippen LogP contribution in [0.1, 0.15) is 25.7 Å². The molecule has 1 fully saturated rings. The first-order chi connectivity index (χ1) is 8.81. The zero-order chi connectivity index (χ0) is 14.5. The highest BCUT2D eigenvalue weighted by Gasteiger charge is 2.35. The number of thioether (sulfide) groups is 1. The van der Waals surface area contributed by atoms with E-state index in [1.807, 2.05) is 0 Å². The molecule has 2 unspecified atom stereocenters. The molecule has 8 heteroatoms. The van der Waals surface area contributed by atoms with Crippen LogP contribution in [0.4, 0.5) is 13.2 Å². The molecular weight excluding hydrogens is 283 g/mol. The minimum absolute atomic E-state index is 0.105. The molecule has 0 radical (unpaired) electrons. The minimum atomic E-state index is -4.31. The van der Waals surface area contributed by atoms with Crippen molar-refractivity contribution in [3.8, 4) is 0 Å². The van der Waals surface area contributed by atoms with Gasteiger partial charge in [-0.05, 0) is 24.6 Å². The molecule has 0 heterocycles. The van der Waals surface area contributed by atoms with Crippen LogP contribution < -0.4 is 5.32 Å². The first kappa shape index (κ1) is 16.1. The maximum atomic E-state index is 11.9. The molecule has 1 rings (SSSR count). The van der Waals surface area contributed by atoms with Gasteiger partial charge in [0.15, 0.2) is 0 Å². The lowest BCUT2D eigenvalue weighted by molar-refractivity contribution is -0.148. The molecule has 1 amide bonds. The smallest absolute Gasteiger partial charge is 0.441 e. The summed E-state index contributed by atoms with van der Waals surface area (Å²) in [7, 11) is 0. The number of carboxylic acids is 1. The number of hydrogen-bond donors (Lipinski definition) is 2. The SMILES string of the molecule is O=C(O)C1CCCCC1C(=O)NCCSC(F)(F)F. The van der Waals surface area contributed by atoms with Crippen molar-refractivity contribution < 1.29 is 27.9 Å². The lowest BCUT2D eigenvalue weighted by atomic mass is 9.79. The van der Waals surface area contributed by atoms with E-state index in [0.717, 1.165) is 12.8 Å². The predicted molar refractivity (Wildman–Crippen MR) is 64.6 cm³/mol. The van der Waals surface area contributed by atoms with Gasteiger partial charge in [0.25, 0.3) is 0 Å². The third-order valence-corrected chi connectivity index (χ3v) is 3.82. The molecule has 0 spiro atoms. The zero-order valence-electron chi connectivity index (χ0n) is 10.2. The van der Waals surface area contributed by atoms with Crippen LogP contribution in [-0.2, 0) is 9.59 Å². The molecule has 0 bridgehead atoms. The Morgan fingerprint density at radius 2 is 1.79 bits per heavy atom. The third-order valence-electron chi connectivity index (χ3n) is 3.09. The Morgan fingerprint density at radius 1 is 1.21 bits per heavy atom. The van der Waals surface area contributed by atoms with Gasteiger partial charge < -0.3 is 10.4 Å². The Kier molecular flexibility index (Phi) is 5.96. The second-order valence-electron chi connectivity index (χ2n) is 4.42. The largest absolute Gasteiger partial charge is 0.481 e. The van der Waals surface area contributed by atoms with Crippen LogP contribution in [0.2, 0.25) is 0 Å². The van der Waals surface area contributed by atoms with Crippen molar-refractivity contribution in [3.63, 3.8) is 0 Å². The van der Waals surface area contributed by atoms with Crippen molar-refractivity contribution >= 4 is 23.6 Å². The van der Waals surface area contributed by atoms with Gasteiger partial charge in [-0.15, -0.1) is 0 Å². The highest BCUT2D eigenvalue weighted by atomic mass is 32.2. The van der Waals surface area contributed by atoms with Crippen LogP contribution in [0.3, 0.4) is 0 Å². The maximum absolute atomic E-state index is 11.9. The summed E-state index contributed by atoms with van der Waals surface area (Å²) >= 11 is -0.202. The topological polar surface area (TPSA) is 66.4 Å². The molecule has 0 aromatic rings. The molecule has 0 aliphatic heterocycles. The normalized spacial score (nSPS) is 23.9. The molecule has 0 aromatic carbocycles. The Balaban J connectivity index is 2.37. The number of hydrogen-bond acceptors (Lipinski definition) is 3. The fraction of sp³-hybridized carbons (Fsp3) is 0.818. The van der Waals surface area contributed by atoms with E-state index in [1.165, 1.54) is 0 Å². The monoisotopic (exact) mass is 299 g/mol. The highest BCUT2D eigenvalue weighted by Crippen LogP contribution is 2.31. The van der Waals surface area contributed by atoms with E-state index in [9.17, 15) is 22.8 Å². The minimum Gasteiger partial charge on any atom is -0.481 e. The fourth-order valence-corrected chi connectivity index (χ4v) is 2.65. The van der Waals surface area contributed by atoms with Crippen LogP contribution in [0, 0.1) is 11.8 Å². The average Bonchev–Trinajstić information content (AvgIpc) is 2.33. The second kappa shape index (κ2) is 7.02. The summed E-state index contributed by atoms with van der Waals surface area (Å²) in [4.78, 5) is 22.8. The predicted octanol–water partition coefficient (Wildman–Crippen LogP) is 2.25. The summed E-state index contributed by atoms with van der Waals surface area (Å²) < 4.78 is 35.6. The highest BCUT2D eigenvalue weighted by molar-refractivity contribution is 8.00. The first-order valence-corrected chi connectivity index (χ1v) is 7.01. The summed E-state index contributed by atoms with van der Waals surface area (Å²) in [6.07, 6.45) is 2.48. The Morgan fingerprint density at radius 3 is 2.32 bits per heavy atom. The summed E-state index contributed by atoms with van der Waals surface area (Å²) in [5, 5.41) is 11.4. The second-order valence-corrected chi connectivity index (χ2v) is 5.58. The van der Waals surface area contributed by atoms with Crippen LogP contribution in [0.5, 0.6) is 0 Å². The third kappa shape index (κ3) is 5.71. The Hall–Kier alpha value is -0.920. The summed E-state index contributed by atoms with van der Waals surface area (Å²) in [5.74, 6) is -3.06. The first-order valence-electron chi connectivity index (χ1n) is 6.02. The summed E-state index contributed by atoms with van der Waals surface area (Å²) in [5.41, 5.74) is -4.31. The molecular formula is C11H16F3NO3S. The molecule has 1 saturated carbocycles. The standard InChI is InChI=1S/C11H16F3NO3S/c12-11(13,14)19-6-5-15-9(16)7-3-1-2-4-8(7)10(17)18/h7-8H,1-6H2,(H,15,16)(H,17,18). The molecule has 4 nitrogen and oxygen atoms in total. The van der Waals surface area contributed by atoms with E-state index in [2.05, 4.69) is 5.32 Å². The van der Waals surface area contributed by atoms with E-state index in [1.54, 1.807) is 0 Å². The van der Waals surface area contributed by atoms with E-state index in [4.69, 9.17) is 5.11 Å². The quantitative estimate of drug-likeness (QED) is 0.764. The van der Waals surface area contributed by atoms with E-state index in [0.29, 0.717) is 12.8 Å². The number of halogens is 3. The van der Waals surface area contributed by atoms with Gasteiger partial charge >= 0.3 is 11.5 Å². The van der Waals surface area contributed by atoms with Crippen molar-refractivity contribution in [1.29, 1.82) is 0 Å². The van der Waals surface area contributed by atoms with E-state index >= 15 is 0 Å². The van der Waals surface area contributed by atoms with E-state index in [-0.39, 0.29) is 24.1 Å². The van der Waals surface area contributed by atoms with Gasteiger partial charge in [0.2, 0.25) is 5.91 Å². The van der Waals surface area contributed by atoms with Crippen molar-refractivity contribution in [3.05, 3.63) is 0 Å². The Bertz CT molecular complexity index is 336. The molecule has 1 aliphatic carbocycles. The van der Waals surface area contributed by atoms with Crippen LogP contribution >= 0.6 is 11.8 Å². The number of nitrogens with one attached hydrogen (secondary N) is 1. The number of aliphatic carboxylic acids is 1. The van der Waals surface area contributed by atoms with E-state index < -0.39 is 29.2 Å². The molecule has 1 aliphatic rings. The van der Waals surface area contributed by atoms with Gasteiger partial charge in [-0.2, -0.15) is 13.2 Å².